The Balaban J connectivity index is 1.91. The molecule has 1 unspecified atom stereocenters. The molecule has 2 heteroatoms. The number of furan rings is 1. The molecule has 1 atom stereocenters. The molecule has 2 nitrogen and oxygen atoms in total. The van der Waals surface area contributed by atoms with Gasteiger partial charge in [0.05, 0.1) is 6.26 Å². The van der Waals surface area contributed by atoms with Gasteiger partial charge in [-0.05, 0) is 23.6 Å². The number of hydrogen-bond donors (Lipinski definition) is 1. The van der Waals surface area contributed by atoms with Gasteiger partial charge in [0.15, 0.2) is 0 Å². The molecule has 96 valence electrons. The van der Waals surface area contributed by atoms with Crippen LogP contribution in [0.15, 0.2) is 53.1 Å². The molecule has 0 aliphatic rings. The maximum Gasteiger partial charge on any atom is 0.105 e. The van der Waals surface area contributed by atoms with Gasteiger partial charge < -0.3 is 9.73 Å². The second-order valence-corrected chi connectivity index (χ2v) is 4.92. The van der Waals surface area contributed by atoms with Crippen LogP contribution in [0.5, 0.6) is 0 Å². The Morgan fingerprint density at radius 3 is 2.44 bits per heavy atom. The van der Waals surface area contributed by atoms with Gasteiger partial charge in [0.25, 0.3) is 0 Å². The maximum absolute atomic E-state index is 5.34. The lowest BCUT2D eigenvalue weighted by Crippen LogP contribution is -2.27. The van der Waals surface area contributed by atoms with Gasteiger partial charge in [-0.15, -0.1) is 0 Å². The summed E-state index contributed by atoms with van der Waals surface area (Å²) in [4.78, 5) is 0. The minimum atomic E-state index is 0.404. The van der Waals surface area contributed by atoms with E-state index in [1.165, 1.54) is 5.56 Å². The predicted molar refractivity (Wildman–Crippen MR) is 74.4 cm³/mol. The van der Waals surface area contributed by atoms with Crippen LogP contribution in [-0.2, 0) is 6.42 Å². The maximum atomic E-state index is 5.34. The van der Waals surface area contributed by atoms with Crippen LogP contribution in [0.1, 0.15) is 31.2 Å². The molecule has 1 aromatic carbocycles. The zero-order valence-corrected chi connectivity index (χ0v) is 11.1. The summed E-state index contributed by atoms with van der Waals surface area (Å²) < 4.78 is 5.34. The molecule has 18 heavy (non-hydrogen) atoms. The van der Waals surface area contributed by atoms with Crippen molar-refractivity contribution in [2.75, 3.05) is 6.54 Å². The average Bonchev–Trinajstić information content (AvgIpc) is 2.88. The lowest BCUT2D eigenvalue weighted by molar-refractivity contribution is 0.404. The quantitative estimate of drug-likeness (QED) is 0.834. The van der Waals surface area contributed by atoms with Crippen LogP contribution in [0.25, 0.3) is 0 Å². The van der Waals surface area contributed by atoms with Gasteiger partial charge in [-0.25, -0.2) is 0 Å². The van der Waals surface area contributed by atoms with Crippen molar-refractivity contribution in [1.82, 2.24) is 5.32 Å². The van der Waals surface area contributed by atoms with Crippen LogP contribution in [0.2, 0.25) is 0 Å². The second kappa shape index (κ2) is 6.41. The molecule has 0 amide bonds. The summed E-state index contributed by atoms with van der Waals surface area (Å²) in [7, 11) is 0. The SMILES string of the molecule is CC(C)C(NCCc1ccco1)c1ccccc1. The lowest BCUT2D eigenvalue weighted by atomic mass is 9.96. The summed E-state index contributed by atoms with van der Waals surface area (Å²) in [6.07, 6.45) is 2.66. The number of benzene rings is 1. The topological polar surface area (TPSA) is 25.2 Å². The third-order valence-electron chi connectivity index (χ3n) is 3.14. The van der Waals surface area contributed by atoms with Crippen molar-refractivity contribution in [3.8, 4) is 0 Å². The van der Waals surface area contributed by atoms with E-state index in [0.29, 0.717) is 12.0 Å². The highest BCUT2D eigenvalue weighted by molar-refractivity contribution is 5.19. The fourth-order valence-corrected chi connectivity index (χ4v) is 2.20. The van der Waals surface area contributed by atoms with Gasteiger partial charge >= 0.3 is 0 Å². The zero-order valence-electron chi connectivity index (χ0n) is 11.1. The molecule has 1 heterocycles. The van der Waals surface area contributed by atoms with Crippen molar-refractivity contribution in [1.29, 1.82) is 0 Å². The van der Waals surface area contributed by atoms with E-state index in [9.17, 15) is 0 Å². The highest BCUT2D eigenvalue weighted by atomic mass is 16.3. The minimum Gasteiger partial charge on any atom is -0.469 e. The summed E-state index contributed by atoms with van der Waals surface area (Å²) in [6.45, 7) is 5.43. The Kier molecular flexibility index (Phi) is 4.59. The first-order valence-electron chi connectivity index (χ1n) is 6.58. The van der Waals surface area contributed by atoms with Gasteiger partial charge in [0.2, 0.25) is 0 Å². The molecule has 1 N–H and O–H groups in total. The third kappa shape index (κ3) is 3.47. The number of nitrogens with one attached hydrogen (secondary N) is 1. The van der Waals surface area contributed by atoms with Crippen molar-refractivity contribution in [3.05, 3.63) is 60.1 Å². The average molecular weight is 243 g/mol. The van der Waals surface area contributed by atoms with Gasteiger partial charge in [0, 0.05) is 19.0 Å². The molecular formula is C16H21NO. The normalized spacial score (nSPS) is 12.8. The van der Waals surface area contributed by atoms with Crippen LogP contribution in [0.3, 0.4) is 0 Å². The molecule has 2 rings (SSSR count). The van der Waals surface area contributed by atoms with Gasteiger partial charge in [0.1, 0.15) is 5.76 Å². The largest absolute Gasteiger partial charge is 0.469 e. The molecule has 1 aromatic heterocycles. The monoisotopic (exact) mass is 243 g/mol. The van der Waals surface area contributed by atoms with Crippen LogP contribution in [0, 0.1) is 5.92 Å². The van der Waals surface area contributed by atoms with Crippen molar-refractivity contribution >= 4 is 0 Å². The molecule has 0 radical (unpaired) electrons. The summed E-state index contributed by atoms with van der Waals surface area (Å²) in [5, 5.41) is 3.61. The molecular weight excluding hydrogens is 222 g/mol. The molecule has 0 aliphatic heterocycles. The lowest BCUT2D eigenvalue weighted by Gasteiger charge is -2.22. The molecule has 2 aromatic rings. The van der Waals surface area contributed by atoms with E-state index >= 15 is 0 Å². The van der Waals surface area contributed by atoms with E-state index in [2.05, 4.69) is 49.5 Å². The van der Waals surface area contributed by atoms with E-state index in [1.807, 2.05) is 12.1 Å². The van der Waals surface area contributed by atoms with E-state index in [-0.39, 0.29) is 0 Å². The molecule has 0 saturated carbocycles. The first-order chi connectivity index (χ1) is 8.77. The molecule has 0 spiro atoms. The first kappa shape index (κ1) is 12.9. The van der Waals surface area contributed by atoms with Crippen molar-refractivity contribution in [2.45, 2.75) is 26.3 Å². The van der Waals surface area contributed by atoms with Crippen molar-refractivity contribution in [3.63, 3.8) is 0 Å². The van der Waals surface area contributed by atoms with Crippen molar-refractivity contribution < 1.29 is 4.42 Å². The van der Waals surface area contributed by atoms with Crippen LogP contribution >= 0.6 is 0 Å². The van der Waals surface area contributed by atoms with Gasteiger partial charge in [-0.1, -0.05) is 44.2 Å². The van der Waals surface area contributed by atoms with Crippen LogP contribution in [-0.4, -0.2) is 6.54 Å². The Hall–Kier alpha value is -1.54. The van der Waals surface area contributed by atoms with E-state index in [4.69, 9.17) is 4.42 Å². The predicted octanol–water partition coefficient (Wildman–Crippen LogP) is 3.81. The fraction of sp³-hybridized carbons (Fsp3) is 0.375. The smallest absolute Gasteiger partial charge is 0.105 e. The summed E-state index contributed by atoms with van der Waals surface area (Å²) in [5.74, 6) is 1.61. The molecule has 0 saturated heterocycles. The molecule has 0 fully saturated rings. The van der Waals surface area contributed by atoms with E-state index in [1.54, 1.807) is 6.26 Å². The second-order valence-electron chi connectivity index (χ2n) is 4.92. The van der Waals surface area contributed by atoms with Gasteiger partial charge in [-0.2, -0.15) is 0 Å². The van der Waals surface area contributed by atoms with E-state index < -0.39 is 0 Å². The first-order valence-corrected chi connectivity index (χ1v) is 6.58. The summed E-state index contributed by atoms with van der Waals surface area (Å²) in [5.41, 5.74) is 1.35. The Morgan fingerprint density at radius 1 is 1.06 bits per heavy atom. The standard InChI is InChI=1S/C16H21NO/c1-13(2)16(14-7-4-3-5-8-14)17-11-10-15-9-6-12-18-15/h3-9,12-13,16-17H,10-11H2,1-2H3. The molecule has 0 aliphatic carbocycles. The highest BCUT2D eigenvalue weighted by Gasteiger charge is 2.14. The highest BCUT2D eigenvalue weighted by Crippen LogP contribution is 2.21. The van der Waals surface area contributed by atoms with Gasteiger partial charge in [-0.3, -0.25) is 0 Å². The zero-order chi connectivity index (χ0) is 12.8. The number of hydrogen-bond acceptors (Lipinski definition) is 2. The number of rotatable bonds is 6. The molecule has 0 bridgehead atoms. The Labute approximate surface area is 109 Å². The third-order valence-corrected chi connectivity index (χ3v) is 3.14. The van der Waals surface area contributed by atoms with Crippen LogP contribution < -0.4 is 5.32 Å². The Morgan fingerprint density at radius 2 is 1.83 bits per heavy atom. The minimum absolute atomic E-state index is 0.404. The fourth-order valence-electron chi connectivity index (χ4n) is 2.20. The van der Waals surface area contributed by atoms with Crippen molar-refractivity contribution in [2.24, 2.45) is 5.92 Å². The van der Waals surface area contributed by atoms with E-state index in [0.717, 1.165) is 18.7 Å². The van der Waals surface area contributed by atoms with Crippen LogP contribution in [0.4, 0.5) is 0 Å². The summed E-state index contributed by atoms with van der Waals surface area (Å²) >= 11 is 0. The Bertz CT molecular complexity index is 433. The summed E-state index contributed by atoms with van der Waals surface area (Å²) in [6, 6.07) is 15.0.